The summed E-state index contributed by atoms with van der Waals surface area (Å²) in [7, 11) is 2.02. The number of rotatable bonds is 5. The van der Waals surface area contributed by atoms with Crippen molar-refractivity contribution >= 4 is 28.5 Å². The molecule has 9 nitrogen and oxygen atoms in total. The van der Waals surface area contributed by atoms with Crippen LogP contribution in [0.2, 0.25) is 0 Å². The van der Waals surface area contributed by atoms with Crippen LogP contribution < -0.4 is 15.0 Å². The molecule has 12 heteroatoms. The summed E-state index contributed by atoms with van der Waals surface area (Å²) in [5.41, 5.74) is -0.723. The maximum absolute atomic E-state index is 13.5. The normalized spacial score (nSPS) is 14.4. The molecule has 0 radical (unpaired) electrons. The third-order valence-corrected chi connectivity index (χ3v) is 5.90. The summed E-state index contributed by atoms with van der Waals surface area (Å²) in [6.45, 7) is 2.91. The van der Waals surface area contributed by atoms with Crippen molar-refractivity contribution in [2.45, 2.75) is 6.18 Å². The quantitative estimate of drug-likeness (QED) is 0.416. The first kappa shape index (κ1) is 24.2. The van der Waals surface area contributed by atoms with Gasteiger partial charge >= 0.3 is 12.2 Å². The Morgan fingerprint density at radius 1 is 1.00 bits per heavy atom. The van der Waals surface area contributed by atoms with Gasteiger partial charge in [-0.2, -0.15) is 33.4 Å². The van der Waals surface area contributed by atoms with Crippen LogP contribution in [0, 0.1) is 11.3 Å². The number of ether oxygens (including phenoxy) is 1. The van der Waals surface area contributed by atoms with Crippen molar-refractivity contribution in [3.8, 4) is 17.8 Å². The lowest BCUT2D eigenvalue weighted by Crippen LogP contribution is -2.45. The molecule has 0 bridgehead atoms. The summed E-state index contributed by atoms with van der Waals surface area (Å²) in [5.74, 6) is 0.823. The molecule has 1 saturated heterocycles. The highest BCUT2D eigenvalue weighted by atomic mass is 19.4. The van der Waals surface area contributed by atoms with E-state index in [1.165, 1.54) is 6.07 Å². The third-order valence-electron chi connectivity index (χ3n) is 5.90. The molecule has 0 spiro atoms. The standard InChI is InChI=1S/C25H21F3N8O/c1-35-10-12-36(13-11-35)23-32-22(31-17-7-6-16(15-29)19(14-17)25(26,27)28)33-24(34-23)37-21-8-9-30-20-5-3-2-4-18(20)21/h2-9,14H,10-13H2,1H3,(H,31,32,33,34). The first-order valence-corrected chi connectivity index (χ1v) is 11.4. The molecule has 1 fully saturated rings. The zero-order valence-electron chi connectivity index (χ0n) is 19.7. The Kier molecular flexibility index (Phi) is 6.45. The van der Waals surface area contributed by atoms with Crippen molar-refractivity contribution in [2.75, 3.05) is 43.4 Å². The summed E-state index contributed by atoms with van der Waals surface area (Å²) in [5, 5.41) is 12.7. The van der Waals surface area contributed by atoms with Crippen molar-refractivity contribution in [3.05, 3.63) is 65.9 Å². The smallest absolute Gasteiger partial charge is 0.417 e. The molecule has 0 aliphatic carbocycles. The van der Waals surface area contributed by atoms with Crippen LogP contribution in [-0.2, 0) is 6.18 Å². The molecular weight excluding hydrogens is 485 g/mol. The lowest BCUT2D eigenvalue weighted by atomic mass is 10.1. The maximum atomic E-state index is 13.5. The lowest BCUT2D eigenvalue weighted by Gasteiger charge is -2.32. The molecule has 2 aromatic heterocycles. The van der Waals surface area contributed by atoms with E-state index in [0.717, 1.165) is 36.1 Å². The van der Waals surface area contributed by atoms with Gasteiger partial charge in [0.2, 0.25) is 11.9 Å². The molecule has 0 atom stereocenters. The Labute approximate surface area is 210 Å². The van der Waals surface area contributed by atoms with Gasteiger partial charge in [-0.15, -0.1) is 0 Å². The number of aromatic nitrogens is 4. The fourth-order valence-electron chi connectivity index (χ4n) is 3.94. The number of hydrogen-bond acceptors (Lipinski definition) is 9. The average Bonchev–Trinajstić information content (AvgIpc) is 2.89. The van der Waals surface area contributed by atoms with Gasteiger partial charge in [-0.1, -0.05) is 12.1 Å². The summed E-state index contributed by atoms with van der Waals surface area (Å²) in [6, 6.07) is 14.0. The molecule has 3 heterocycles. The second kappa shape index (κ2) is 9.87. The van der Waals surface area contributed by atoms with E-state index in [1.54, 1.807) is 18.3 Å². The van der Waals surface area contributed by atoms with E-state index in [0.29, 0.717) is 24.8 Å². The summed E-state index contributed by atoms with van der Waals surface area (Å²) >= 11 is 0. The molecule has 1 N–H and O–H groups in total. The Hall–Kier alpha value is -4.50. The minimum absolute atomic E-state index is 0.00937. The fraction of sp³-hybridized carbons (Fsp3) is 0.240. The number of halogens is 3. The Balaban J connectivity index is 1.52. The van der Waals surface area contributed by atoms with E-state index in [4.69, 9.17) is 10.00 Å². The highest BCUT2D eigenvalue weighted by Crippen LogP contribution is 2.34. The van der Waals surface area contributed by atoms with E-state index >= 15 is 0 Å². The number of anilines is 3. The number of hydrogen-bond donors (Lipinski definition) is 1. The van der Waals surface area contributed by atoms with E-state index in [1.807, 2.05) is 36.2 Å². The van der Waals surface area contributed by atoms with Crippen LogP contribution in [0.15, 0.2) is 54.7 Å². The summed E-state index contributed by atoms with van der Waals surface area (Å²) in [4.78, 5) is 21.7. The predicted octanol–water partition coefficient (Wildman–Crippen LogP) is 4.60. The third kappa shape index (κ3) is 5.36. The maximum Gasteiger partial charge on any atom is 0.417 e. The monoisotopic (exact) mass is 506 g/mol. The second-order valence-corrected chi connectivity index (χ2v) is 8.46. The number of fused-ring (bicyclic) bond motifs is 1. The second-order valence-electron chi connectivity index (χ2n) is 8.46. The van der Waals surface area contributed by atoms with Gasteiger partial charge in [0, 0.05) is 43.4 Å². The number of nitriles is 1. The minimum atomic E-state index is -4.69. The number of pyridine rings is 1. The van der Waals surface area contributed by atoms with Crippen LogP contribution in [-0.4, -0.2) is 58.1 Å². The molecule has 2 aromatic carbocycles. The van der Waals surface area contributed by atoms with Gasteiger partial charge in [-0.25, -0.2) is 0 Å². The molecular formula is C25H21F3N8O. The van der Waals surface area contributed by atoms with Crippen LogP contribution >= 0.6 is 0 Å². The molecule has 188 valence electrons. The number of alkyl halides is 3. The van der Waals surface area contributed by atoms with Gasteiger partial charge in [-0.3, -0.25) is 4.98 Å². The van der Waals surface area contributed by atoms with E-state index in [9.17, 15) is 13.2 Å². The van der Waals surface area contributed by atoms with Crippen molar-refractivity contribution in [3.63, 3.8) is 0 Å². The Morgan fingerprint density at radius 2 is 1.78 bits per heavy atom. The van der Waals surface area contributed by atoms with Gasteiger partial charge in [0.05, 0.1) is 22.7 Å². The number of nitrogens with zero attached hydrogens (tertiary/aromatic N) is 7. The number of benzene rings is 2. The number of nitrogens with one attached hydrogen (secondary N) is 1. The number of para-hydroxylation sites is 1. The van der Waals surface area contributed by atoms with Gasteiger partial charge in [0.25, 0.3) is 0 Å². The molecule has 37 heavy (non-hydrogen) atoms. The number of piperazine rings is 1. The van der Waals surface area contributed by atoms with Gasteiger partial charge in [0.1, 0.15) is 5.75 Å². The topological polar surface area (TPSA) is 103 Å². The first-order chi connectivity index (χ1) is 17.8. The zero-order chi connectivity index (χ0) is 26.0. The van der Waals surface area contributed by atoms with E-state index in [-0.39, 0.29) is 17.6 Å². The zero-order valence-corrected chi connectivity index (χ0v) is 19.7. The van der Waals surface area contributed by atoms with Crippen molar-refractivity contribution < 1.29 is 17.9 Å². The Bertz CT molecular complexity index is 1470. The van der Waals surface area contributed by atoms with Crippen molar-refractivity contribution in [1.29, 1.82) is 5.26 Å². The molecule has 1 aliphatic rings. The van der Waals surface area contributed by atoms with E-state index in [2.05, 4.69) is 30.2 Å². The molecule has 5 rings (SSSR count). The van der Waals surface area contributed by atoms with E-state index < -0.39 is 17.3 Å². The lowest BCUT2D eigenvalue weighted by molar-refractivity contribution is -0.137. The van der Waals surface area contributed by atoms with Crippen LogP contribution in [0.3, 0.4) is 0 Å². The van der Waals surface area contributed by atoms with Crippen molar-refractivity contribution in [2.24, 2.45) is 0 Å². The highest BCUT2D eigenvalue weighted by Gasteiger charge is 2.34. The van der Waals surface area contributed by atoms with Crippen LogP contribution in [0.4, 0.5) is 30.8 Å². The predicted molar refractivity (Wildman–Crippen MR) is 131 cm³/mol. The first-order valence-electron chi connectivity index (χ1n) is 11.4. The van der Waals surface area contributed by atoms with Gasteiger partial charge in [0.15, 0.2) is 0 Å². The fourth-order valence-corrected chi connectivity index (χ4v) is 3.94. The average molecular weight is 506 g/mol. The van der Waals surface area contributed by atoms with Crippen LogP contribution in [0.1, 0.15) is 11.1 Å². The molecule has 0 unspecified atom stereocenters. The highest BCUT2D eigenvalue weighted by molar-refractivity contribution is 5.84. The largest absolute Gasteiger partial charge is 0.423 e. The summed E-state index contributed by atoms with van der Waals surface area (Å²) in [6.07, 6.45) is -3.08. The SMILES string of the molecule is CN1CCN(c2nc(Nc3ccc(C#N)c(C(F)(F)F)c3)nc(Oc3ccnc4ccccc34)n2)CC1. The van der Waals surface area contributed by atoms with Crippen molar-refractivity contribution in [1.82, 2.24) is 24.8 Å². The molecule has 0 amide bonds. The summed E-state index contributed by atoms with van der Waals surface area (Å²) < 4.78 is 46.4. The van der Waals surface area contributed by atoms with Gasteiger partial charge in [-0.05, 0) is 43.4 Å². The Morgan fingerprint density at radius 3 is 2.54 bits per heavy atom. The molecule has 4 aromatic rings. The minimum Gasteiger partial charge on any atom is -0.423 e. The number of likely N-dealkylation sites (N-methyl/N-ethyl adjacent to an activating group) is 1. The van der Waals surface area contributed by atoms with Crippen LogP contribution in [0.25, 0.3) is 10.9 Å². The van der Waals surface area contributed by atoms with Gasteiger partial charge < -0.3 is 19.9 Å². The molecule has 0 saturated carbocycles. The van der Waals surface area contributed by atoms with Crippen LogP contribution in [0.5, 0.6) is 11.8 Å². The molecule has 1 aliphatic heterocycles.